The normalized spacial score (nSPS) is 13.1. The second-order valence-corrected chi connectivity index (χ2v) is 10.2. The Morgan fingerprint density at radius 3 is 1.90 bits per heavy atom. The highest BCUT2D eigenvalue weighted by molar-refractivity contribution is 6.09. The Labute approximate surface area is 243 Å². The highest BCUT2D eigenvalue weighted by atomic mass is 19.4. The molecule has 0 N–H and O–H groups in total. The fourth-order valence-corrected chi connectivity index (χ4v) is 4.24. The zero-order chi connectivity index (χ0) is 29.9. The Balaban J connectivity index is 1.76. The van der Waals surface area contributed by atoms with Crippen molar-refractivity contribution in [3.05, 3.63) is 107 Å². The first-order chi connectivity index (χ1) is 19.7. The summed E-state index contributed by atoms with van der Waals surface area (Å²) in [7, 11) is 0. The Morgan fingerprint density at radius 1 is 0.756 bits per heavy atom. The van der Waals surface area contributed by atoms with Gasteiger partial charge in [-0.2, -0.15) is 13.2 Å². The molecule has 222 valence electrons. The molecule has 0 fully saturated rings. The Bertz CT molecular complexity index is 1130. The number of esters is 1. The number of carbonyl (C=O) groups excluding carboxylic acids is 2. The van der Waals surface area contributed by atoms with Gasteiger partial charge in [0.1, 0.15) is 0 Å². The van der Waals surface area contributed by atoms with Gasteiger partial charge in [0.25, 0.3) is 0 Å². The number of ether oxygens (including phenoxy) is 1. The zero-order valence-corrected chi connectivity index (χ0v) is 24.3. The summed E-state index contributed by atoms with van der Waals surface area (Å²) in [6.07, 6.45) is 15.3. The zero-order valence-electron chi connectivity index (χ0n) is 24.3. The molecule has 41 heavy (non-hydrogen) atoms. The van der Waals surface area contributed by atoms with Crippen molar-refractivity contribution >= 4 is 11.8 Å². The monoisotopic (exact) mass is 568 g/mol. The van der Waals surface area contributed by atoms with Crippen LogP contribution in [0.5, 0.6) is 0 Å². The number of alkyl halides is 3. The van der Waals surface area contributed by atoms with Crippen LogP contribution >= 0.6 is 0 Å². The average Bonchev–Trinajstić information content (AvgIpc) is 2.97. The molecule has 0 saturated carbocycles. The number of unbranched alkanes of at least 4 members (excludes halogenated alkanes) is 8. The molecule has 2 aromatic rings. The number of benzene rings is 2. The Hall–Kier alpha value is -3.41. The summed E-state index contributed by atoms with van der Waals surface area (Å²) in [5, 5.41) is 0. The van der Waals surface area contributed by atoms with E-state index in [9.17, 15) is 22.8 Å². The van der Waals surface area contributed by atoms with Crippen LogP contribution in [0.4, 0.5) is 13.2 Å². The van der Waals surface area contributed by atoms with Gasteiger partial charge in [-0.1, -0.05) is 112 Å². The van der Waals surface area contributed by atoms with Gasteiger partial charge in [-0.3, -0.25) is 9.59 Å². The third kappa shape index (κ3) is 13.2. The molecule has 0 bridgehead atoms. The second-order valence-electron chi connectivity index (χ2n) is 10.2. The molecular formula is C35H43F3O3. The van der Waals surface area contributed by atoms with Gasteiger partial charge < -0.3 is 4.74 Å². The van der Waals surface area contributed by atoms with Crippen molar-refractivity contribution in [3.8, 4) is 0 Å². The van der Waals surface area contributed by atoms with Crippen LogP contribution in [0.15, 0.2) is 90.7 Å². The van der Waals surface area contributed by atoms with Gasteiger partial charge >= 0.3 is 12.1 Å². The molecule has 0 amide bonds. The van der Waals surface area contributed by atoms with Gasteiger partial charge in [-0.25, -0.2) is 0 Å². The molecule has 0 aromatic heterocycles. The smallest absolute Gasteiger partial charge is 0.421 e. The number of hydrogen-bond donors (Lipinski definition) is 0. The van der Waals surface area contributed by atoms with Gasteiger partial charge in [-0.05, 0) is 63.5 Å². The summed E-state index contributed by atoms with van der Waals surface area (Å²) in [4.78, 5) is 25.1. The second kappa shape index (κ2) is 18.8. The van der Waals surface area contributed by atoms with E-state index in [-0.39, 0.29) is 12.2 Å². The third-order valence-corrected chi connectivity index (χ3v) is 6.79. The molecule has 0 spiro atoms. The standard InChI is InChI=1S/C35H43F3O3/c1-3-4-5-6-7-8-9-10-11-12-13-14-15-16-20-23-32(35(36,37)38)41-34(40)28(2)29-24-26-31(27-25-29)33(39)30-21-18-17-19-22-30/h7-8,10-11,17-19,21-28H,3-6,9,12-16,20H2,1-2H3/b8-7-,11-10-,32-23+. The van der Waals surface area contributed by atoms with Crippen LogP contribution < -0.4 is 0 Å². The van der Waals surface area contributed by atoms with Gasteiger partial charge in [0.15, 0.2) is 5.78 Å². The van der Waals surface area contributed by atoms with Crippen molar-refractivity contribution in [3.63, 3.8) is 0 Å². The molecule has 0 saturated heterocycles. The number of halogens is 3. The summed E-state index contributed by atoms with van der Waals surface area (Å²) in [6, 6.07) is 15.0. The maximum absolute atomic E-state index is 13.5. The largest absolute Gasteiger partial charge is 0.449 e. The van der Waals surface area contributed by atoms with E-state index in [4.69, 9.17) is 4.74 Å². The van der Waals surface area contributed by atoms with Crippen LogP contribution in [0.1, 0.15) is 112 Å². The molecule has 0 aliphatic carbocycles. The van der Waals surface area contributed by atoms with Gasteiger partial charge in [0, 0.05) is 11.1 Å². The fourth-order valence-electron chi connectivity index (χ4n) is 4.24. The lowest BCUT2D eigenvalue weighted by atomic mass is 9.97. The molecule has 0 aliphatic rings. The van der Waals surface area contributed by atoms with Crippen molar-refractivity contribution in [2.24, 2.45) is 0 Å². The van der Waals surface area contributed by atoms with E-state index in [0.29, 0.717) is 23.1 Å². The first-order valence-electron chi connectivity index (χ1n) is 14.7. The lowest BCUT2D eigenvalue weighted by Gasteiger charge is -2.16. The SMILES string of the molecule is CCCCC/C=C\C/C=C\CCCCCC/C=C(/OC(=O)C(C)c1ccc(C(=O)c2ccccc2)cc1)C(F)(F)F. The molecule has 2 aromatic carbocycles. The number of rotatable bonds is 18. The lowest BCUT2D eigenvalue weighted by molar-refractivity contribution is -0.161. The highest BCUT2D eigenvalue weighted by Crippen LogP contribution is 2.30. The van der Waals surface area contributed by atoms with E-state index in [2.05, 4.69) is 31.2 Å². The van der Waals surface area contributed by atoms with Crippen molar-refractivity contribution in [1.82, 2.24) is 0 Å². The molecule has 3 nitrogen and oxygen atoms in total. The van der Waals surface area contributed by atoms with Crippen LogP contribution in [0.3, 0.4) is 0 Å². The van der Waals surface area contributed by atoms with Crippen LogP contribution in [0.25, 0.3) is 0 Å². The molecule has 6 heteroatoms. The topological polar surface area (TPSA) is 43.4 Å². The van der Waals surface area contributed by atoms with E-state index in [1.54, 1.807) is 48.5 Å². The Morgan fingerprint density at radius 2 is 1.32 bits per heavy atom. The molecule has 0 radical (unpaired) electrons. The van der Waals surface area contributed by atoms with Crippen LogP contribution in [0, 0.1) is 0 Å². The molecular weight excluding hydrogens is 525 g/mol. The van der Waals surface area contributed by atoms with Crippen molar-refractivity contribution in [2.75, 3.05) is 0 Å². The maximum Gasteiger partial charge on any atom is 0.449 e. The summed E-state index contributed by atoms with van der Waals surface area (Å²) in [6.45, 7) is 3.69. The van der Waals surface area contributed by atoms with Gasteiger partial charge in [-0.15, -0.1) is 0 Å². The predicted molar refractivity (Wildman–Crippen MR) is 160 cm³/mol. The minimum atomic E-state index is -4.75. The van der Waals surface area contributed by atoms with Crippen molar-refractivity contribution in [1.29, 1.82) is 0 Å². The predicted octanol–water partition coefficient (Wildman–Crippen LogP) is 10.4. The van der Waals surface area contributed by atoms with E-state index in [0.717, 1.165) is 44.6 Å². The quantitative estimate of drug-likeness (QED) is 0.0591. The van der Waals surface area contributed by atoms with Crippen LogP contribution in [-0.2, 0) is 9.53 Å². The number of ketones is 1. The van der Waals surface area contributed by atoms with E-state index < -0.39 is 23.8 Å². The minimum absolute atomic E-state index is 0.174. The van der Waals surface area contributed by atoms with E-state index in [1.165, 1.54) is 26.2 Å². The molecule has 1 atom stereocenters. The molecule has 1 unspecified atom stereocenters. The van der Waals surface area contributed by atoms with Crippen LogP contribution in [-0.4, -0.2) is 17.9 Å². The maximum atomic E-state index is 13.5. The minimum Gasteiger partial charge on any atom is -0.421 e. The molecule has 0 heterocycles. The Kier molecular flexibility index (Phi) is 15.5. The van der Waals surface area contributed by atoms with Crippen molar-refractivity contribution < 1.29 is 27.5 Å². The van der Waals surface area contributed by atoms with Crippen LogP contribution in [0.2, 0.25) is 0 Å². The highest BCUT2D eigenvalue weighted by Gasteiger charge is 2.38. The summed E-state index contributed by atoms with van der Waals surface area (Å²) in [5.74, 6) is -3.35. The fraction of sp³-hybridized carbons (Fsp3) is 0.429. The van der Waals surface area contributed by atoms with E-state index in [1.807, 2.05) is 6.07 Å². The van der Waals surface area contributed by atoms with Gasteiger partial charge in [0.2, 0.25) is 5.76 Å². The third-order valence-electron chi connectivity index (χ3n) is 6.79. The lowest BCUT2D eigenvalue weighted by Crippen LogP contribution is -2.21. The van der Waals surface area contributed by atoms with Crippen molar-refractivity contribution in [2.45, 2.75) is 96.6 Å². The number of allylic oxidation sites excluding steroid dienone is 6. The number of hydrogen-bond acceptors (Lipinski definition) is 3. The summed E-state index contributed by atoms with van der Waals surface area (Å²) in [5.41, 5.74) is 1.43. The first-order valence-corrected chi connectivity index (χ1v) is 14.7. The average molecular weight is 569 g/mol. The number of carbonyl (C=O) groups is 2. The van der Waals surface area contributed by atoms with E-state index >= 15 is 0 Å². The molecule has 2 rings (SSSR count). The summed E-state index contributed by atoms with van der Waals surface area (Å²) < 4.78 is 45.4. The first kappa shape index (κ1) is 33.8. The summed E-state index contributed by atoms with van der Waals surface area (Å²) >= 11 is 0. The molecule has 0 aliphatic heterocycles. The van der Waals surface area contributed by atoms with Gasteiger partial charge in [0.05, 0.1) is 5.92 Å².